The number of nitrogens with zero attached hydrogens (tertiary/aromatic N) is 2. The van der Waals surface area contributed by atoms with Crippen molar-refractivity contribution in [2.75, 3.05) is 6.61 Å². The van der Waals surface area contributed by atoms with Gasteiger partial charge in [0, 0.05) is 18.7 Å². The summed E-state index contributed by atoms with van der Waals surface area (Å²) in [5.74, 6) is -1.87. The predicted octanol–water partition coefficient (Wildman–Crippen LogP) is 5.45. The lowest BCUT2D eigenvalue weighted by atomic mass is 9.98. The molecule has 1 heterocycles. The Morgan fingerprint density at radius 2 is 1.68 bits per heavy atom. The Labute approximate surface area is 169 Å². The number of nitriles is 1. The van der Waals surface area contributed by atoms with Gasteiger partial charge in [0.1, 0.15) is 28.0 Å². The van der Waals surface area contributed by atoms with Gasteiger partial charge in [0.05, 0.1) is 12.2 Å². The molecule has 4 nitrogen and oxygen atoms in total. The molecule has 0 spiro atoms. The smallest absolute Gasteiger partial charge is 0.355 e. The van der Waals surface area contributed by atoms with E-state index in [4.69, 9.17) is 4.74 Å². The van der Waals surface area contributed by atoms with Crippen molar-refractivity contribution >= 4 is 21.9 Å². The minimum atomic E-state index is -0.664. The van der Waals surface area contributed by atoms with Crippen LogP contribution in [0.5, 0.6) is 0 Å². The topological polar surface area (TPSA) is 55.0 Å². The SMILES string of the molecule is CCOC(=O)c1c(-c2ccc(-c3cc(F)cc(F)c3)cc2)c(C#N)c(Br)n1C. The van der Waals surface area contributed by atoms with E-state index in [0.29, 0.717) is 32.4 Å². The molecule has 0 N–H and O–H groups in total. The maximum Gasteiger partial charge on any atom is 0.355 e. The normalized spacial score (nSPS) is 10.6. The second kappa shape index (κ2) is 7.95. The highest BCUT2D eigenvalue weighted by atomic mass is 79.9. The molecule has 0 saturated carbocycles. The first kappa shape index (κ1) is 19.8. The molecule has 0 saturated heterocycles. The number of esters is 1. The average molecular weight is 445 g/mol. The highest BCUT2D eigenvalue weighted by molar-refractivity contribution is 9.10. The molecule has 28 heavy (non-hydrogen) atoms. The Bertz CT molecular complexity index is 1080. The molecule has 0 fully saturated rings. The van der Waals surface area contributed by atoms with Gasteiger partial charge in [0.25, 0.3) is 0 Å². The fraction of sp³-hybridized carbons (Fsp3) is 0.143. The lowest BCUT2D eigenvalue weighted by molar-refractivity contribution is 0.0516. The highest BCUT2D eigenvalue weighted by Gasteiger charge is 2.26. The molecule has 2 aromatic carbocycles. The van der Waals surface area contributed by atoms with Crippen LogP contribution in [-0.2, 0) is 11.8 Å². The fourth-order valence-corrected chi connectivity index (χ4v) is 3.49. The summed E-state index contributed by atoms with van der Waals surface area (Å²) in [6.45, 7) is 1.90. The zero-order valence-corrected chi connectivity index (χ0v) is 16.7. The van der Waals surface area contributed by atoms with Crippen LogP contribution in [0.4, 0.5) is 8.78 Å². The number of carbonyl (C=O) groups excluding carboxylic acids is 1. The van der Waals surface area contributed by atoms with Crippen molar-refractivity contribution in [3.63, 3.8) is 0 Å². The van der Waals surface area contributed by atoms with Crippen molar-refractivity contribution in [3.05, 3.63) is 70.0 Å². The van der Waals surface area contributed by atoms with Crippen LogP contribution in [0.2, 0.25) is 0 Å². The van der Waals surface area contributed by atoms with Crippen LogP contribution < -0.4 is 0 Å². The van der Waals surface area contributed by atoms with Crippen LogP contribution in [0.1, 0.15) is 23.0 Å². The molecule has 0 atom stereocenters. The van der Waals surface area contributed by atoms with E-state index < -0.39 is 17.6 Å². The van der Waals surface area contributed by atoms with Crippen LogP contribution in [-0.4, -0.2) is 17.1 Å². The third-order valence-electron chi connectivity index (χ3n) is 4.27. The first-order chi connectivity index (χ1) is 13.4. The van der Waals surface area contributed by atoms with Crippen molar-refractivity contribution in [2.45, 2.75) is 6.92 Å². The molecule has 0 unspecified atom stereocenters. The maximum atomic E-state index is 13.5. The number of halogens is 3. The van der Waals surface area contributed by atoms with E-state index >= 15 is 0 Å². The molecular weight excluding hydrogens is 430 g/mol. The summed E-state index contributed by atoms with van der Waals surface area (Å²) >= 11 is 3.35. The molecule has 1 aromatic heterocycles. The molecule has 0 aliphatic carbocycles. The van der Waals surface area contributed by atoms with Crippen LogP contribution >= 0.6 is 15.9 Å². The number of aromatic nitrogens is 1. The van der Waals surface area contributed by atoms with E-state index in [1.807, 2.05) is 0 Å². The van der Waals surface area contributed by atoms with Gasteiger partial charge in [-0.15, -0.1) is 0 Å². The largest absolute Gasteiger partial charge is 0.461 e. The number of rotatable bonds is 4. The van der Waals surface area contributed by atoms with Crippen LogP contribution in [0, 0.1) is 23.0 Å². The second-order valence-electron chi connectivity index (χ2n) is 6.02. The van der Waals surface area contributed by atoms with Gasteiger partial charge in [-0.05, 0) is 51.7 Å². The van der Waals surface area contributed by atoms with E-state index in [9.17, 15) is 18.8 Å². The van der Waals surface area contributed by atoms with Crippen LogP contribution in [0.25, 0.3) is 22.3 Å². The van der Waals surface area contributed by atoms with Gasteiger partial charge in [0.15, 0.2) is 0 Å². The zero-order valence-electron chi connectivity index (χ0n) is 15.1. The van der Waals surface area contributed by atoms with Crippen molar-refractivity contribution in [1.29, 1.82) is 5.26 Å². The summed E-state index contributed by atoms with van der Waals surface area (Å²) < 4.78 is 34.1. The van der Waals surface area contributed by atoms with Gasteiger partial charge in [-0.25, -0.2) is 13.6 Å². The molecule has 0 aliphatic heterocycles. The van der Waals surface area contributed by atoms with E-state index in [1.54, 1.807) is 42.8 Å². The lowest BCUT2D eigenvalue weighted by Crippen LogP contribution is -2.11. The van der Waals surface area contributed by atoms with Gasteiger partial charge in [-0.1, -0.05) is 24.3 Å². The van der Waals surface area contributed by atoms with Gasteiger partial charge in [-0.2, -0.15) is 5.26 Å². The molecule has 0 radical (unpaired) electrons. The van der Waals surface area contributed by atoms with Crippen LogP contribution in [0.15, 0.2) is 47.1 Å². The first-order valence-electron chi connectivity index (χ1n) is 8.39. The van der Waals surface area contributed by atoms with Gasteiger partial charge >= 0.3 is 5.97 Å². The van der Waals surface area contributed by atoms with Crippen molar-refractivity contribution in [2.24, 2.45) is 7.05 Å². The quantitative estimate of drug-likeness (QED) is 0.502. The van der Waals surface area contributed by atoms with Crippen molar-refractivity contribution in [1.82, 2.24) is 4.57 Å². The van der Waals surface area contributed by atoms with Crippen LogP contribution in [0.3, 0.4) is 0 Å². The predicted molar refractivity (Wildman–Crippen MR) is 105 cm³/mol. The number of ether oxygens (including phenoxy) is 1. The fourth-order valence-electron chi connectivity index (χ4n) is 3.03. The number of hydrogen-bond acceptors (Lipinski definition) is 3. The summed E-state index contributed by atoms with van der Waals surface area (Å²) in [6, 6.07) is 12.2. The molecule has 3 rings (SSSR count). The summed E-state index contributed by atoms with van der Waals surface area (Å²) in [5, 5.41) is 9.57. The molecule has 0 aliphatic rings. The zero-order chi connectivity index (χ0) is 20.4. The summed E-state index contributed by atoms with van der Waals surface area (Å²) in [4.78, 5) is 12.4. The third kappa shape index (κ3) is 3.56. The molecule has 3 aromatic rings. The Hall–Kier alpha value is -2.98. The minimum Gasteiger partial charge on any atom is -0.461 e. The van der Waals surface area contributed by atoms with Crippen molar-refractivity contribution in [3.8, 4) is 28.3 Å². The first-order valence-corrected chi connectivity index (χ1v) is 9.19. The average Bonchev–Trinajstić information content (AvgIpc) is 2.92. The third-order valence-corrected chi connectivity index (χ3v) is 5.20. The Morgan fingerprint density at radius 1 is 1.11 bits per heavy atom. The Balaban J connectivity index is 2.13. The minimum absolute atomic E-state index is 0.201. The van der Waals surface area contributed by atoms with Gasteiger partial charge in [-0.3, -0.25) is 0 Å². The molecule has 0 bridgehead atoms. The number of hydrogen-bond donors (Lipinski definition) is 0. The summed E-state index contributed by atoms with van der Waals surface area (Å²) in [7, 11) is 1.66. The molecule has 0 amide bonds. The van der Waals surface area contributed by atoms with E-state index in [1.165, 1.54) is 12.1 Å². The molecular formula is C21H15BrF2N2O2. The van der Waals surface area contributed by atoms with Gasteiger partial charge in [0.2, 0.25) is 0 Å². The monoisotopic (exact) mass is 444 g/mol. The lowest BCUT2D eigenvalue weighted by Gasteiger charge is -2.09. The summed E-state index contributed by atoms with van der Waals surface area (Å²) in [5.41, 5.74) is 2.59. The Morgan fingerprint density at radius 3 is 2.21 bits per heavy atom. The van der Waals surface area contributed by atoms with Crippen molar-refractivity contribution < 1.29 is 18.3 Å². The Kier molecular flexibility index (Phi) is 5.61. The van der Waals surface area contributed by atoms with Gasteiger partial charge < -0.3 is 9.30 Å². The number of benzene rings is 2. The number of carbonyl (C=O) groups is 1. The summed E-state index contributed by atoms with van der Waals surface area (Å²) in [6.07, 6.45) is 0. The highest BCUT2D eigenvalue weighted by Crippen LogP contribution is 2.36. The second-order valence-corrected chi connectivity index (χ2v) is 6.77. The van der Waals surface area contributed by atoms with E-state index in [-0.39, 0.29) is 12.3 Å². The van der Waals surface area contributed by atoms with E-state index in [0.717, 1.165) is 6.07 Å². The standard InChI is InChI=1S/C21H15BrF2N2O2/c1-3-28-21(27)19-18(17(11-25)20(22)26(19)2)13-6-4-12(5-7-13)14-8-15(23)10-16(24)9-14/h4-10H,3H2,1-2H3. The maximum absolute atomic E-state index is 13.5. The molecule has 7 heteroatoms. The molecule has 142 valence electrons. The van der Waals surface area contributed by atoms with E-state index in [2.05, 4.69) is 22.0 Å².